The average molecular weight is 270 g/mol. The van der Waals surface area contributed by atoms with Crippen molar-refractivity contribution in [3.63, 3.8) is 0 Å². The Kier molecular flexibility index (Phi) is 6.67. The van der Waals surface area contributed by atoms with E-state index in [1.165, 1.54) is 17.7 Å². The van der Waals surface area contributed by atoms with E-state index in [0.717, 1.165) is 25.7 Å². The molecule has 0 saturated heterocycles. The van der Waals surface area contributed by atoms with Gasteiger partial charge in [0.1, 0.15) is 6.54 Å². The van der Waals surface area contributed by atoms with Crippen LogP contribution in [0.1, 0.15) is 52.4 Å². The van der Waals surface area contributed by atoms with E-state index in [4.69, 9.17) is 5.11 Å². The predicted octanol–water partition coefficient (Wildman–Crippen LogP) is 2.46. The first-order valence-corrected chi connectivity index (χ1v) is 7.31. The van der Waals surface area contributed by atoms with Crippen LogP contribution in [-0.4, -0.2) is 41.1 Å². The third-order valence-corrected chi connectivity index (χ3v) is 3.78. The summed E-state index contributed by atoms with van der Waals surface area (Å²) in [5.41, 5.74) is 0. The summed E-state index contributed by atoms with van der Waals surface area (Å²) >= 11 is 0. The van der Waals surface area contributed by atoms with Crippen molar-refractivity contribution < 1.29 is 14.7 Å². The van der Waals surface area contributed by atoms with Gasteiger partial charge in [0.05, 0.1) is 0 Å². The SMILES string of the molecule is CCCN(CC(=O)O)C(=O)NC1CCCCCC1C. The molecule has 2 amide bonds. The second kappa shape index (κ2) is 8.02. The van der Waals surface area contributed by atoms with Gasteiger partial charge in [-0.15, -0.1) is 0 Å². The molecule has 2 atom stereocenters. The molecule has 0 radical (unpaired) electrons. The second-order valence-corrected chi connectivity index (χ2v) is 5.49. The fraction of sp³-hybridized carbons (Fsp3) is 0.857. The zero-order valence-electron chi connectivity index (χ0n) is 12.0. The van der Waals surface area contributed by atoms with Crippen LogP contribution >= 0.6 is 0 Å². The number of nitrogens with zero attached hydrogens (tertiary/aromatic N) is 1. The summed E-state index contributed by atoms with van der Waals surface area (Å²) in [5.74, 6) is -0.489. The van der Waals surface area contributed by atoms with Crippen molar-refractivity contribution in [2.24, 2.45) is 5.92 Å². The lowest BCUT2D eigenvalue weighted by molar-refractivity contribution is -0.137. The van der Waals surface area contributed by atoms with Gasteiger partial charge in [0.25, 0.3) is 0 Å². The first kappa shape index (κ1) is 15.8. The number of hydrogen-bond acceptors (Lipinski definition) is 2. The Morgan fingerprint density at radius 3 is 2.58 bits per heavy atom. The summed E-state index contributed by atoms with van der Waals surface area (Å²) in [7, 11) is 0. The van der Waals surface area contributed by atoms with Gasteiger partial charge in [-0.3, -0.25) is 4.79 Å². The van der Waals surface area contributed by atoms with Gasteiger partial charge in [-0.25, -0.2) is 4.79 Å². The van der Waals surface area contributed by atoms with Gasteiger partial charge in [-0.05, 0) is 25.2 Å². The van der Waals surface area contributed by atoms with Crippen LogP contribution in [-0.2, 0) is 4.79 Å². The molecular weight excluding hydrogens is 244 g/mol. The molecule has 0 heterocycles. The number of carboxylic acid groups (broad SMARTS) is 1. The third kappa shape index (κ3) is 5.49. The summed E-state index contributed by atoms with van der Waals surface area (Å²) in [6.45, 7) is 4.37. The Morgan fingerprint density at radius 1 is 1.26 bits per heavy atom. The summed E-state index contributed by atoms with van der Waals surface area (Å²) in [6, 6.07) is -0.0499. The minimum absolute atomic E-state index is 0.183. The van der Waals surface area contributed by atoms with E-state index in [1.807, 2.05) is 6.92 Å². The van der Waals surface area contributed by atoms with Crippen LogP contribution in [0.3, 0.4) is 0 Å². The van der Waals surface area contributed by atoms with Crippen molar-refractivity contribution >= 4 is 12.0 Å². The number of amides is 2. The molecule has 0 aromatic heterocycles. The van der Waals surface area contributed by atoms with Crippen LogP contribution in [0.2, 0.25) is 0 Å². The molecule has 1 saturated carbocycles. The summed E-state index contributed by atoms with van der Waals surface area (Å²) in [6.07, 6.45) is 6.49. The topological polar surface area (TPSA) is 69.6 Å². The van der Waals surface area contributed by atoms with E-state index in [0.29, 0.717) is 12.5 Å². The van der Waals surface area contributed by atoms with Gasteiger partial charge < -0.3 is 15.3 Å². The number of carboxylic acids is 1. The minimum atomic E-state index is -0.961. The monoisotopic (exact) mass is 270 g/mol. The maximum absolute atomic E-state index is 12.1. The molecule has 5 nitrogen and oxygen atoms in total. The van der Waals surface area contributed by atoms with Crippen LogP contribution in [0, 0.1) is 5.92 Å². The highest BCUT2D eigenvalue weighted by molar-refractivity contribution is 5.80. The Balaban J connectivity index is 2.55. The zero-order chi connectivity index (χ0) is 14.3. The quantitative estimate of drug-likeness (QED) is 0.754. The van der Waals surface area contributed by atoms with E-state index in [9.17, 15) is 9.59 Å². The molecule has 2 N–H and O–H groups in total. The Labute approximate surface area is 115 Å². The highest BCUT2D eigenvalue weighted by atomic mass is 16.4. The number of carbonyl (C=O) groups is 2. The van der Waals surface area contributed by atoms with Crippen LogP contribution in [0.25, 0.3) is 0 Å². The Morgan fingerprint density at radius 2 is 1.95 bits per heavy atom. The Hall–Kier alpha value is -1.26. The first-order chi connectivity index (χ1) is 9.04. The van der Waals surface area contributed by atoms with Crippen LogP contribution in [0.4, 0.5) is 4.79 Å². The van der Waals surface area contributed by atoms with Crippen LogP contribution in [0.5, 0.6) is 0 Å². The number of nitrogens with one attached hydrogen (secondary N) is 1. The maximum atomic E-state index is 12.1. The predicted molar refractivity (Wildman–Crippen MR) is 74.1 cm³/mol. The van der Waals surface area contributed by atoms with E-state index in [-0.39, 0.29) is 18.6 Å². The van der Waals surface area contributed by atoms with Gasteiger partial charge in [0, 0.05) is 12.6 Å². The fourth-order valence-corrected chi connectivity index (χ4v) is 2.64. The molecule has 1 fully saturated rings. The molecule has 0 aromatic carbocycles. The molecule has 0 aromatic rings. The molecule has 1 aliphatic carbocycles. The van der Waals surface area contributed by atoms with Gasteiger partial charge in [-0.2, -0.15) is 0 Å². The molecule has 2 unspecified atom stereocenters. The standard InChI is InChI=1S/C14H26N2O3/c1-3-9-16(10-13(17)18)14(19)15-12-8-6-4-5-7-11(12)2/h11-12H,3-10H2,1-2H3,(H,15,19)(H,17,18). The zero-order valence-corrected chi connectivity index (χ0v) is 12.0. The Bertz CT molecular complexity index is 307. The summed E-state index contributed by atoms with van der Waals surface area (Å²) in [4.78, 5) is 24.3. The van der Waals surface area contributed by atoms with Crippen molar-refractivity contribution in [2.45, 2.75) is 58.4 Å². The highest BCUT2D eigenvalue weighted by Crippen LogP contribution is 2.23. The van der Waals surface area contributed by atoms with Crippen LogP contribution in [0.15, 0.2) is 0 Å². The minimum Gasteiger partial charge on any atom is -0.480 e. The van der Waals surface area contributed by atoms with Gasteiger partial charge in [0.2, 0.25) is 0 Å². The smallest absolute Gasteiger partial charge is 0.323 e. The second-order valence-electron chi connectivity index (χ2n) is 5.49. The molecule has 19 heavy (non-hydrogen) atoms. The van der Waals surface area contributed by atoms with Crippen molar-refractivity contribution in [3.8, 4) is 0 Å². The third-order valence-electron chi connectivity index (χ3n) is 3.78. The lowest BCUT2D eigenvalue weighted by atomic mass is 9.97. The van der Waals surface area contributed by atoms with E-state index < -0.39 is 5.97 Å². The number of urea groups is 1. The first-order valence-electron chi connectivity index (χ1n) is 7.31. The fourth-order valence-electron chi connectivity index (χ4n) is 2.64. The molecule has 5 heteroatoms. The number of carbonyl (C=O) groups excluding carboxylic acids is 1. The van der Waals surface area contributed by atoms with Crippen molar-refractivity contribution in [1.82, 2.24) is 10.2 Å². The lowest BCUT2D eigenvalue weighted by Crippen LogP contribution is -2.48. The maximum Gasteiger partial charge on any atom is 0.323 e. The number of hydrogen-bond donors (Lipinski definition) is 2. The summed E-state index contributed by atoms with van der Waals surface area (Å²) in [5, 5.41) is 11.9. The van der Waals surface area contributed by atoms with Crippen LogP contribution < -0.4 is 5.32 Å². The van der Waals surface area contributed by atoms with E-state index in [1.54, 1.807) is 0 Å². The number of aliphatic carboxylic acids is 1. The lowest BCUT2D eigenvalue weighted by Gasteiger charge is -2.27. The van der Waals surface area contributed by atoms with Gasteiger partial charge >= 0.3 is 12.0 Å². The normalized spacial score (nSPS) is 23.5. The molecule has 0 aliphatic heterocycles. The molecule has 110 valence electrons. The van der Waals surface area contributed by atoms with Gasteiger partial charge in [0.15, 0.2) is 0 Å². The molecule has 1 rings (SSSR count). The largest absolute Gasteiger partial charge is 0.480 e. The van der Waals surface area contributed by atoms with Crippen molar-refractivity contribution in [1.29, 1.82) is 0 Å². The van der Waals surface area contributed by atoms with Crippen molar-refractivity contribution in [2.75, 3.05) is 13.1 Å². The average Bonchev–Trinajstić information content (AvgIpc) is 2.54. The molecular formula is C14H26N2O3. The van der Waals surface area contributed by atoms with E-state index in [2.05, 4.69) is 12.2 Å². The molecule has 0 spiro atoms. The number of rotatable bonds is 5. The van der Waals surface area contributed by atoms with E-state index >= 15 is 0 Å². The highest BCUT2D eigenvalue weighted by Gasteiger charge is 2.24. The van der Waals surface area contributed by atoms with Gasteiger partial charge in [-0.1, -0.05) is 33.1 Å². The molecule has 0 bridgehead atoms. The van der Waals surface area contributed by atoms with Crippen molar-refractivity contribution in [3.05, 3.63) is 0 Å². The summed E-state index contributed by atoms with van der Waals surface area (Å²) < 4.78 is 0. The molecule has 1 aliphatic rings.